The summed E-state index contributed by atoms with van der Waals surface area (Å²) in [6, 6.07) is 6.13. The second-order valence-corrected chi connectivity index (χ2v) is 8.59. The maximum atomic E-state index is 13.6. The van der Waals surface area contributed by atoms with Crippen molar-refractivity contribution in [1.29, 1.82) is 0 Å². The molecule has 1 aromatic heterocycles. The van der Waals surface area contributed by atoms with Gasteiger partial charge in [-0.15, -0.1) is 0 Å². The van der Waals surface area contributed by atoms with Crippen LogP contribution in [0.15, 0.2) is 36.5 Å². The first kappa shape index (κ1) is 28.5. The van der Waals surface area contributed by atoms with Crippen LogP contribution >= 0.6 is 0 Å². The minimum absolute atomic E-state index is 0.140. The molecule has 0 unspecified atom stereocenters. The molecule has 0 aliphatic carbocycles. The number of nitrogens with zero attached hydrogens (tertiary/aromatic N) is 1. The van der Waals surface area contributed by atoms with Gasteiger partial charge in [-0.3, -0.25) is 9.59 Å². The zero-order valence-electron chi connectivity index (χ0n) is 21.4. The number of ether oxygens (including phenoxy) is 4. The molecule has 0 spiro atoms. The Morgan fingerprint density at radius 1 is 1.11 bits per heavy atom. The van der Waals surface area contributed by atoms with Crippen LogP contribution in [0, 0.1) is 11.7 Å². The molecule has 0 fully saturated rings. The van der Waals surface area contributed by atoms with Gasteiger partial charge in [-0.1, -0.05) is 19.9 Å². The van der Waals surface area contributed by atoms with Gasteiger partial charge in [0.1, 0.15) is 29.8 Å². The maximum Gasteiger partial charge on any atom is 0.328 e. The second-order valence-electron chi connectivity index (χ2n) is 8.59. The molecule has 1 amide bonds. The molecule has 9 nitrogen and oxygen atoms in total. The molecule has 0 saturated heterocycles. The van der Waals surface area contributed by atoms with Crippen LogP contribution in [-0.2, 0) is 14.3 Å². The number of carbonyl (C=O) groups is 3. The van der Waals surface area contributed by atoms with E-state index < -0.39 is 41.9 Å². The van der Waals surface area contributed by atoms with Crippen molar-refractivity contribution in [3.8, 4) is 17.2 Å². The van der Waals surface area contributed by atoms with Crippen molar-refractivity contribution in [3.05, 3.63) is 48.0 Å². The zero-order valence-corrected chi connectivity index (χ0v) is 21.4. The predicted octanol–water partition coefficient (Wildman–Crippen LogP) is 4.09. The summed E-state index contributed by atoms with van der Waals surface area (Å²) in [4.78, 5) is 41.2. The largest absolute Gasteiger partial charge is 0.490 e. The van der Waals surface area contributed by atoms with E-state index in [1.54, 1.807) is 19.9 Å². The van der Waals surface area contributed by atoms with Gasteiger partial charge >= 0.3 is 11.9 Å². The maximum absolute atomic E-state index is 13.6. The molecule has 0 aliphatic rings. The van der Waals surface area contributed by atoms with Gasteiger partial charge in [-0.2, -0.15) is 0 Å². The first-order valence-corrected chi connectivity index (χ1v) is 11.8. The highest BCUT2D eigenvalue weighted by Crippen LogP contribution is 2.30. The summed E-state index contributed by atoms with van der Waals surface area (Å²) in [5.74, 6) is -1.99. The third-order valence-corrected chi connectivity index (χ3v) is 4.94. The van der Waals surface area contributed by atoms with Crippen molar-refractivity contribution >= 4 is 17.8 Å². The minimum Gasteiger partial charge on any atom is -0.490 e. The molecular weight excluding hydrogens is 471 g/mol. The van der Waals surface area contributed by atoms with Crippen LogP contribution < -0.4 is 19.5 Å². The number of aromatic nitrogens is 1. The molecule has 0 aliphatic heterocycles. The fraction of sp³-hybridized carbons (Fsp3) is 0.462. The number of benzene rings is 1. The Hall–Kier alpha value is -3.69. The lowest BCUT2D eigenvalue weighted by Crippen LogP contribution is -2.43. The third-order valence-electron chi connectivity index (χ3n) is 4.94. The number of pyridine rings is 1. The summed E-state index contributed by atoms with van der Waals surface area (Å²) in [6.07, 6.45) is 0.640. The summed E-state index contributed by atoms with van der Waals surface area (Å²) in [5.41, 5.74) is -0.212. The summed E-state index contributed by atoms with van der Waals surface area (Å²) in [5, 5.41) is 2.51. The first-order valence-electron chi connectivity index (χ1n) is 11.8. The summed E-state index contributed by atoms with van der Waals surface area (Å²) in [7, 11) is 0. The van der Waals surface area contributed by atoms with E-state index in [4.69, 9.17) is 18.9 Å². The van der Waals surface area contributed by atoms with Crippen LogP contribution in [0.25, 0.3) is 0 Å². The highest BCUT2D eigenvalue weighted by Gasteiger charge is 2.29. The fourth-order valence-electron chi connectivity index (χ4n) is 3.30. The Balaban J connectivity index is 2.11. The Morgan fingerprint density at radius 2 is 1.83 bits per heavy atom. The Bertz CT molecular complexity index is 1060. The normalized spacial score (nSPS) is 13.3. The quantitative estimate of drug-likeness (QED) is 0.430. The van der Waals surface area contributed by atoms with E-state index in [1.807, 2.05) is 13.8 Å². The van der Waals surface area contributed by atoms with Gasteiger partial charge in [-0.25, -0.2) is 14.2 Å². The van der Waals surface area contributed by atoms with Gasteiger partial charge in [0, 0.05) is 25.3 Å². The number of halogens is 1. The van der Waals surface area contributed by atoms with Gasteiger partial charge in [0.25, 0.3) is 5.91 Å². The van der Waals surface area contributed by atoms with E-state index in [9.17, 15) is 18.8 Å². The van der Waals surface area contributed by atoms with E-state index in [2.05, 4.69) is 10.3 Å². The summed E-state index contributed by atoms with van der Waals surface area (Å²) in [6.45, 7) is 10.3. The average molecular weight is 505 g/mol. The fourth-order valence-corrected chi connectivity index (χ4v) is 3.30. The number of amides is 1. The second kappa shape index (κ2) is 13.4. The molecule has 0 radical (unpaired) electrons. The molecule has 2 rings (SSSR count). The number of hydrogen-bond donors (Lipinski definition) is 1. The van der Waals surface area contributed by atoms with Crippen LogP contribution in [0.3, 0.4) is 0 Å². The number of hydrogen-bond acceptors (Lipinski definition) is 8. The molecule has 1 N–H and O–H groups in total. The highest BCUT2D eigenvalue weighted by molar-refractivity contribution is 5.98. The molecule has 36 heavy (non-hydrogen) atoms. The molecule has 0 bridgehead atoms. The van der Waals surface area contributed by atoms with Crippen molar-refractivity contribution in [1.82, 2.24) is 10.3 Å². The standard InChI is InChI=1S/C26H33FN2O7/c1-7-33-21-11-12-28-23(24(21)35-18(6)30)25(31)29-16(4)26(32)34-17(5)22(13-15(2)3)36-20-10-8-9-19(27)14-20/h8-12,14-17,22H,7,13H2,1-6H3,(H,29,31)/t16-,17-,22+/m0/s1. The molecule has 2 aromatic rings. The van der Waals surface area contributed by atoms with E-state index in [-0.39, 0.29) is 29.7 Å². The van der Waals surface area contributed by atoms with Gasteiger partial charge in [0.2, 0.25) is 5.75 Å². The molecule has 1 heterocycles. The van der Waals surface area contributed by atoms with E-state index in [0.717, 1.165) is 0 Å². The summed E-state index contributed by atoms with van der Waals surface area (Å²) >= 11 is 0. The highest BCUT2D eigenvalue weighted by atomic mass is 19.1. The minimum atomic E-state index is -1.06. The Morgan fingerprint density at radius 3 is 2.44 bits per heavy atom. The Kier molecular flexibility index (Phi) is 10.6. The van der Waals surface area contributed by atoms with Crippen molar-refractivity contribution in [2.75, 3.05) is 6.61 Å². The molecule has 3 atom stereocenters. The number of esters is 2. The zero-order chi connectivity index (χ0) is 26.8. The van der Waals surface area contributed by atoms with Crippen LogP contribution in [-0.4, -0.2) is 47.7 Å². The molecule has 0 saturated carbocycles. The smallest absolute Gasteiger partial charge is 0.328 e. The van der Waals surface area contributed by atoms with E-state index >= 15 is 0 Å². The number of nitrogens with one attached hydrogen (secondary N) is 1. The summed E-state index contributed by atoms with van der Waals surface area (Å²) < 4.78 is 35.6. The topological polar surface area (TPSA) is 113 Å². The van der Waals surface area contributed by atoms with Crippen molar-refractivity contribution in [3.63, 3.8) is 0 Å². The van der Waals surface area contributed by atoms with Gasteiger partial charge in [0.05, 0.1) is 6.61 Å². The SMILES string of the molecule is CCOc1ccnc(C(=O)N[C@@H](C)C(=O)O[C@@H](C)[C@@H](CC(C)C)Oc2cccc(F)c2)c1OC(C)=O. The van der Waals surface area contributed by atoms with Gasteiger partial charge in [-0.05, 0) is 45.2 Å². The van der Waals surface area contributed by atoms with E-state index in [0.29, 0.717) is 12.2 Å². The molecular formula is C26H33FN2O7. The van der Waals surface area contributed by atoms with Gasteiger partial charge < -0.3 is 24.3 Å². The first-order chi connectivity index (χ1) is 17.0. The molecule has 1 aromatic carbocycles. The number of rotatable bonds is 12. The molecule has 10 heteroatoms. The van der Waals surface area contributed by atoms with Crippen LogP contribution in [0.2, 0.25) is 0 Å². The van der Waals surface area contributed by atoms with Crippen LogP contribution in [0.4, 0.5) is 4.39 Å². The van der Waals surface area contributed by atoms with Crippen LogP contribution in [0.1, 0.15) is 58.5 Å². The van der Waals surface area contributed by atoms with Gasteiger partial charge in [0.15, 0.2) is 11.4 Å². The van der Waals surface area contributed by atoms with Crippen molar-refractivity contribution < 1.29 is 37.7 Å². The third kappa shape index (κ3) is 8.51. The number of carbonyl (C=O) groups excluding carboxylic acids is 3. The lowest BCUT2D eigenvalue weighted by atomic mass is 10.0. The van der Waals surface area contributed by atoms with Crippen molar-refractivity contribution in [2.45, 2.75) is 66.2 Å². The predicted molar refractivity (Wildman–Crippen MR) is 129 cm³/mol. The van der Waals surface area contributed by atoms with Crippen LogP contribution in [0.5, 0.6) is 17.2 Å². The average Bonchev–Trinajstić information content (AvgIpc) is 2.79. The molecule has 196 valence electrons. The van der Waals surface area contributed by atoms with Crippen molar-refractivity contribution in [2.24, 2.45) is 5.92 Å². The van der Waals surface area contributed by atoms with E-state index in [1.165, 1.54) is 44.3 Å². The lowest BCUT2D eigenvalue weighted by molar-refractivity contribution is -0.155. The Labute approximate surface area is 210 Å². The monoisotopic (exact) mass is 504 g/mol. The lowest BCUT2D eigenvalue weighted by Gasteiger charge is -2.27.